The van der Waals surface area contributed by atoms with Crippen LogP contribution in [-0.2, 0) is 5.41 Å². The molecule has 0 spiro atoms. The van der Waals surface area contributed by atoms with E-state index in [1.807, 2.05) is 12.4 Å². The van der Waals surface area contributed by atoms with E-state index in [1.165, 1.54) is 77.2 Å². The van der Waals surface area contributed by atoms with E-state index in [-0.39, 0.29) is 5.41 Å². The van der Waals surface area contributed by atoms with E-state index in [9.17, 15) is 0 Å². The first-order valence-electron chi connectivity index (χ1n) is 19.3. The maximum absolute atomic E-state index is 4.43. The third kappa shape index (κ3) is 6.16. The third-order valence-corrected chi connectivity index (χ3v) is 11.4. The Morgan fingerprint density at radius 1 is 0.393 bits per heavy atom. The maximum Gasteiger partial charge on any atom is 0.0462 e. The van der Waals surface area contributed by atoms with Gasteiger partial charge in [0, 0.05) is 34.9 Å². The molecule has 0 radical (unpaired) electrons. The van der Waals surface area contributed by atoms with E-state index >= 15 is 0 Å². The Labute approximate surface area is 328 Å². The van der Waals surface area contributed by atoms with Crippen molar-refractivity contribution in [3.05, 3.63) is 223 Å². The summed E-state index contributed by atoms with van der Waals surface area (Å²) in [7, 11) is 0. The number of fused-ring (bicyclic) bond motifs is 3. The van der Waals surface area contributed by atoms with Crippen LogP contribution in [0.25, 0.3) is 60.5 Å². The Balaban J connectivity index is 0.982. The van der Waals surface area contributed by atoms with Gasteiger partial charge in [-0.05, 0) is 132 Å². The number of rotatable bonds is 7. The average Bonchev–Trinajstić information content (AvgIpc) is 3.54. The highest BCUT2D eigenvalue weighted by Crippen LogP contribution is 2.44. The summed E-state index contributed by atoms with van der Waals surface area (Å²) in [6.45, 7) is 4.53. The van der Waals surface area contributed by atoms with Gasteiger partial charge in [0.2, 0.25) is 0 Å². The van der Waals surface area contributed by atoms with Crippen molar-refractivity contribution < 1.29 is 0 Å². The molecule has 9 aromatic rings. The maximum atomic E-state index is 4.43. The zero-order valence-corrected chi connectivity index (χ0v) is 31.5. The molecule has 2 heteroatoms. The molecule has 0 atom stereocenters. The molecular weight excluding hydrogens is 677 g/mol. The molecule has 2 nitrogen and oxygen atoms in total. The number of anilines is 3. The highest BCUT2D eigenvalue weighted by atomic mass is 15.1. The minimum absolute atomic E-state index is 0.0606. The second kappa shape index (κ2) is 13.7. The molecule has 0 bridgehead atoms. The first-order chi connectivity index (χ1) is 27.5. The van der Waals surface area contributed by atoms with Crippen molar-refractivity contribution >= 4 is 44.2 Å². The van der Waals surface area contributed by atoms with E-state index in [1.54, 1.807) is 0 Å². The van der Waals surface area contributed by atoms with Crippen LogP contribution in [0, 0.1) is 0 Å². The molecule has 1 aromatic heterocycles. The lowest BCUT2D eigenvalue weighted by Crippen LogP contribution is -2.10. The van der Waals surface area contributed by atoms with Gasteiger partial charge in [-0.2, -0.15) is 0 Å². The van der Waals surface area contributed by atoms with Gasteiger partial charge in [-0.25, -0.2) is 0 Å². The van der Waals surface area contributed by atoms with E-state index in [4.69, 9.17) is 0 Å². The van der Waals surface area contributed by atoms with Crippen molar-refractivity contribution in [1.29, 1.82) is 0 Å². The van der Waals surface area contributed by atoms with Gasteiger partial charge in [0.15, 0.2) is 0 Å². The molecule has 1 aliphatic carbocycles. The number of nitrogens with zero attached hydrogens (tertiary/aromatic N) is 2. The molecular formula is C54H40N2. The first kappa shape index (κ1) is 33.5. The van der Waals surface area contributed by atoms with Crippen LogP contribution >= 0.6 is 0 Å². The molecule has 8 aromatic carbocycles. The van der Waals surface area contributed by atoms with E-state index in [0.717, 1.165) is 17.1 Å². The standard InChI is InChI=1S/C54H40N2/c1-54(2)35-52(51-31-32-55-36-53(51)54)43-23-29-50(30-24-43)56(49-27-21-42(22-28-49)47-18-16-38-8-4-6-10-45(38)34-47)48-25-19-40(20-26-48)39-11-13-41(14-12-39)46-17-15-37-7-3-5-9-44(37)33-46/h3-36H,1-2H3. The number of aromatic nitrogens is 1. The van der Waals surface area contributed by atoms with Crippen LogP contribution in [0.5, 0.6) is 0 Å². The summed E-state index contributed by atoms with van der Waals surface area (Å²) in [4.78, 5) is 6.79. The summed E-state index contributed by atoms with van der Waals surface area (Å²) < 4.78 is 0. The van der Waals surface area contributed by atoms with Gasteiger partial charge in [0.05, 0.1) is 0 Å². The molecule has 1 aliphatic rings. The monoisotopic (exact) mass is 716 g/mol. The van der Waals surface area contributed by atoms with Gasteiger partial charge < -0.3 is 4.90 Å². The largest absolute Gasteiger partial charge is 0.311 e. The highest BCUT2D eigenvalue weighted by molar-refractivity contribution is 5.90. The average molecular weight is 717 g/mol. The highest BCUT2D eigenvalue weighted by Gasteiger charge is 2.30. The Morgan fingerprint density at radius 2 is 0.786 bits per heavy atom. The molecule has 0 aliphatic heterocycles. The Hall–Kier alpha value is -7.03. The summed E-state index contributed by atoms with van der Waals surface area (Å²) in [5.74, 6) is 0. The van der Waals surface area contributed by atoms with Crippen LogP contribution in [-0.4, -0.2) is 4.98 Å². The van der Waals surface area contributed by atoms with Gasteiger partial charge in [0.1, 0.15) is 0 Å². The van der Waals surface area contributed by atoms with Gasteiger partial charge in [-0.1, -0.05) is 153 Å². The second-order valence-corrected chi connectivity index (χ2v) is 15.4. The topological polar surface area (TPSA) is 16.1 Å². The normalized spacial score (nSPS) is 13.1. The molecule has 0 amide bonds. The second-order valence-electron chi connectivity index (χ2n) is 15.4. The number of benzene rings is 8. The van der Waals surface area contributed by atoms with Crippen molar-refractivity contribution in [2.24, 2.45) is 0 Å². The molecule has 266 valence electrons. The lowest BCUT2D eigenvalue weighted by molar-refractivity contribution is 0.679. The Kier molecular flexibility index (Phi) is 8.19. The summed E-state index contributed by atoms with van der Waals surface area (Å²) in [6.07, 6.45) is 6.29. The van der Waals surface area contributed by atoms with Crippen LogP contribution in [0.15, 0.2) is 207 Å². The molecule has 0 saturated heterocycles. The molecule has 56 heavy (non-hydrogen) atoms. The van der Waals surface area contributed by atoms with Gasteiger partial charge in [0.25, 0.3) is 0 Å². The van der Waals surface area contributed by atoms with Crippen molar-refractivity contribution in [3.63, 3.8) is 0 Å². The molecule has 10 rings (SSSR count). The van der Waals surface area contributed by atoms with Crippen LogP contribution in [0.4, 0.5) is 17.1 Å². The predicted molar refractivity (Wildman–Crippen MR) is 237 cm³/mol. The van der Waals surface area contributed by atoms with Crippen molar-refractivity contribution in [1.82, 2.24) is 4.98 Å². The summed E-state index contributed by atoms with van der Waals surface area (Å²) in [5.41, 5.74) is 15.5. The summed E-state index contributed by atoms with van der Waals surface area (Å²) >= 11 is 0. The Morgan fingerprint density at radius 3 is 1.27 bits per heavy atom. The van der Waals surface area contributed by atoms with Crippen molar-refractivity contribution in [3.8, 4) is 33.4 Å². The van der Waals surface area contributed by atoms with E-state index in [0.29, 0.717) is 0 Å². The van der Waals surface area contributed by atoms with Crippen molar-refractivity contribution in [2.75, 3.05) is 4.90 Å². The molecule has 0 saturated carbocycles. The van der Waals surface area contributed by atoms with Gasteiger partial charge in [-0.15, -0.1) is 0 Å². The fraction of sp³-hybridized carbons (Fsp3) is 0.0556. The first-order valence-corrected chi connectivity index (χ1v) is 19.3. The fourth-order valence-corrected chi connectivity index (χ4v) is 8.33. The zero-order valence-electron chi connectivity index (χ0n) is 31.5. The fourth-order valence-electron chi connectivity index (χ4n) is 8.33. The quantitative estimate of drug-likeness (QED) is 0.163. The summed E-state index contributed by atoms with van der Waals surface area (Å²) in [6, 6.07) is 68.5. The minimum atomic E-state index is -0.0606. The number of pyridine rings is 1. The molecule has 0 unspecified atom stereocenters. The predicted octanol–water partition coefficient (Wildman–Crippen LogP) is 14.6. The minimum Gasteiger partial charge on any atom is -0.311 e. The van der Waals surface area contributed by atoms with Crippen LogP contribution in [0.1, 0.15) is 30.5 Å². The van der Waals surface area contributed by atoms with Crippen LogP contribution in [0.2, 0.25) is 0 Å². The summed E-state index contributed by atoms with van der Waals surface area (Å²) in [5, 5.41) is 5.02. The molecule has 1 heterocycles. The van der Waals surface area contributed by atoms with Crippen LogP contribution in [0.3, 0.4) is 0 Å². The van der Waals surface area contributed by atoms with E-state index in [2.05, 4.69) is 218 Å². The smallest absolute Gasteiger partial charge is 0.0462 e. The number of allylic oxidation sites excluding steroid dienone is 1. The SMILES string of the molecule is CC1(C)C=C(c2ccc(N(c3ccc(-c4ccc(-c5ccc6ccccc6c5)cc4)cc3)c3ccc(-c4ccc5ccccc5c4)cc3)cc2)c2ccncc21. The molecule has 0 N–H and O–H groups in total. The lowest BCUT2D eigenvalue weighted by atomic mass is 9.88. The van der Waals surface area contributed by atoms with Gasteiger partial charge >= 0.3 is 0 Å². The van der Waals surface area contributed by atoms with Crippen molar-refractivity contribution in [2.45, 2.75) is 19.3 Å². The van der Waals surface area contributed by atoms with Crippen LogP contribution < -0.4 is 4.90 Å². The Bertz CT molecular complexity index is 2900. The van der Waals surface area contributed by atoms with E-state index < -0.39 is 0 Å². The number of hydrogen-bond donors (Lipinski definition) is 0. The number of hydrogen-bond acceptors (Lipinski definition) is 2. The third-order valence-electron chi connectivity index (χ3n) is 11.4. The van der Waals surface area contributed by atoms with Gasteiger partial charge in [-0.3, -0.25) is 4.98 Å². The molecule has 0 fully saturated rings. The zero-order chi connectivity index (χ0) is 37.6. The lowest BCUT2D eigenvalue weighted by Gasteiger charge is -2.26.